The van der Waals surface area contributed by atoms with E-state index < -0.39 is 7.12 Å². The van der Waals surface area contributed by atoms with Gasteiger partial charge in [0.25, 0.3) is 0 Å². The van der Waals surface area contributed by atoms with Crippen molar-refractivity contribution in [2.45, 2.75) is 19.4 Å². The molecule has 9 heteroatoms. The molecule has 0 aliphatic carbocycles. The lowest BCUT2D eigenvalue weighted by Crippen LogP contribution is -2.27. The van der Waals surface area contributed by atoms with Gasteiger partial charge in [-0.15, -0.1) is 0 Å². The van der Waals surface area contributed by atoms with Gasteiger partial charge in [-0.05, 0) is 29.1 Å². The van der Waals surface area contributed by atoms with Gasteiger partial charge in [0.15, 0.2) is 0 Å². The van der Waals surface area contributed by atoms with Crippen LogP contribution in [0, 0.1) is 0 Å². The summed E-state index contributed by atoms with van der Waals surface area (Å²) in [5, 5.41) is 15.5. The summed E-state index contributed by atoms with van der Waals surface area (Å²) in [6, 6.07) is 5.70. The Kier molecular flexibility index (Phi) is 4.16. The lowest BCUT2D eigenvalue weighted by atomic mass is 9.79. The number of anilines is 2. The van der Waals surface area contributed by atoms with Gasteiger partial charge in [-0.2, -0.15) is 0 Å². The SMILES string of the molecule is O=C1CCc2c(NC/N=C/c3ccc4c(c3)COB4O)ncnc2N1. The monoisotopic (exact) mass is 337 g/mol. The summed E-state index contributed by atoms with van der Waals surface area (Å²) in [6.45, 7) is 0.767. The minimum atomic E-state index is -0.827. The van der Waals surface area contributed by atoms with Crippen LogP contribution in [0.2, 0.25) is 0 Å². The summed E-state index contributed by atoms with van der Waals surface area (Å²) in [6.07, 6.45) is 4.22. The van der Waals surface area contributed by atoms with Crippen LogP contribution in [0.3, 0.4) is 0 Å². The highest BCUT2D eigenvalue weighted by Crippen LogP contribution is 2.25. The number of fused-ring (bicyclic) bond motifs is 2. The zero-order chi connectivity index (χ0) is 17.2. The summed E-state index contributed by atoms with van der Waals surface area (Å²) in [5.74, 6) is 1.23. The molecule has 25 heavy (non-hydrogen) atoms. The third kappa shape index (κ3) is 3.24. The highest BCUT2D eigenvalue weighted by atomic mass is 16.5. The summed E-state index contributed by atoms with van der Waals surface area (Å²) >= 11 is 0. The van der Waals surface area contributed by atoms with E-state index in [9.17, 15) is 9.82 Å². The number of amides is 1. The van der Waals surface area contributed by atoms with Gasteiger partial charge in [0, 0.05) is 18.2 Å². The van der Waals surface area contributed by atoms with Gasteiger partial charge in [-0.3, -0.25) is 9.79 Å². The molecule has 0 spiro atoms. The second-order valence-electron chi connectivity index (χ2n) is 5.87. The number of carbonyl (C=O) groups is 1. The summed E-state index contributed by atoms with van der Waals surface area (Å²) < 4.78 is 5.18. The number of hydrogen-bond acceptors (Lipinski definition) is 7. The van der Waals surface area contributed by atoms with E-state index in [1.165, 1.54) is 6.33 Å². The number of nitrogens with one attached hydrogen (secondary N) is 2. The molecule has 0 unspecified atom stereocenters. The van der Waals surface area contributed by atoms with E-state index in [2.05, 4.69) is 25.6 Å². The van der Waals surface area contributed by atoms with Crippen LogP contribution in [0.4, 0.5) is 11.6 Å². The van der Waals surface area contributed by atoms with Gasteiger partial charge in [-0.1, -0.05) is 12.1 Å². The standard InChI is InChI=1S/C16H16BN5O3/c23-14-4-2-12-15(20-9-21-16(12)22-14)19-8-18-6-10-1-3-13-11(5-10)7-25-17(13)24/h1,3,5-6,9,24H,2,4,7-8H2,(H2,19,20,21,22,23)/b18-6+. The highest BCUT2D eigenvalue weighted by Gasteiger charge is 2.26. The topological polar surface area (TPSA) is 109 Å². The van der Waals surface area contributed by atoms with Gasteiger partial charge in [0.1, 0.15) is 24.6 Å². The Hall–Kier alpha value is -2.78. The number of nitrogens with zero attached hydrogens (tertiary/aromatic N) is 3. The number of rotatable bonds is 4. The van der Waals surface area contributed by atoms with E-state index in [-0.39, 0.29) is 5.91 Å². The van der Waals surface area contributed by atoms with Crippen LogP contribution in [-0.4, -0.2) is 40.9 Å². The Morgan fingerprint density at radius 2 is 2.32 bits per heavy atom. The third-order valence-corrected chi connectivity index (χ3v) is 4.21. The van der Waals surface area contributed by atoms with E-state index in [0.717, 1.165) is 22.2 Å². The van der Waals surface area contributed by atoms with Crippen molar-refractivity contribution in [1.29, 1.82) is 0 Å². The van der Waals surface area contributed by atoms with Gasteiger partial charge in [0.05, 0.1) is 6.61 Å². The Bertz CT molecular complexity index is 858. The summed E-state index contributed by atoms with van der Waals surface area (Å²) in [5.41, 5.74) is 3.63. The quantitative estimate of drug-likeness (QED) is 0.538. The molecule has 2 aromatic rings. The van der Waals surface area contributed by atoms with Gasteiger partial charge < -0.3 is 20.3 Å². The van der Waals surface area contributed by atoms with Crippen LogP contribution >= 0.6 is 0 Å². The molecule has 3 N–H and O–H groups in total. The van der Waals surface area contributed by atoms with Gasteiger partial charge in [-0.25, -0.2) is 9.97 Å². The Labute approximate surface area is 144 Å². The van der Waals surface area contributed by atoms with E-state index in [1.807, 2.05) is 18.2 Å². The largest absolute Gasteiger partial charge is 0.491 e. The van der Waals surface area contributed by atoms with E-state index in [0.29, 0.717) is 37.8 Å². The second kappa shape index (κ2) is 6.62. The number of hydrogen-bond donors (Lipinski definition) is 3. The van der Waals surface area contributed by atoms with Crippen LogP contribution in [0.5, 0.6) is 0 Å². The number of carbonyl (C=O) groups excluding carboxylic acids is 1. The second-order valence-corrected chi connectivity index (χ2v) is 5.87. The molecule has 2 aliphatic rings. The molecule has 0 fully saturated rings. The van der Waals surface area contributed by atoms with Crippen LogP contribution in [0.15, 0.2) is 29.5 Å². The Morgan fingerprint density at radius 3 is 3.24 bits per heavy atom. The fourth-order valence-electron chi connectivity index (χ4n) is 2.94. The minimum Gasteiger partial charge on any atom is -0.423 e. The molecule has 0 saturated heterocycles. The maximum absolute atomic E-state index is 11.4. The van der Waals surface area contributed by atoms with Crippen molar-refractivity contribution in [1.82, 2.24) is 9.97 Å². The van der Waals surface area contributed by atoms with Crippen LogP contribution < -0.4 is 16.1 Å². The van der Waals surface area contributed by atoms with E-state index >= 15 is 0 Å². The first-order valence-corrected chi connectivity index (χ1v) is 8.00. The van der Waals surface area contributed by atoms with Crippen molar-refractivity contribution in [3.63, 3.8) is 0 Å². The predicted molar refractivity (Wildman–Crippen MR) is 93.9 cm³/mol. The fraction of sp³-hybridized carbons (Fsp3) is 0.250. The normalized spacial score (nSPS) is 15.9. The predicted octanol–water partition coefficient (Wildman–Crippen LogP) is 0.0675. The Morgan fingerprint density at radius 1 is 1.40 bits per heavy atom. The molecule has 4 rings (SSSR count). The van der Waals surface area contributed by atoms with Crippen molar-refractivity contribution < 1.29 is 14.5 Å². The molecular weight excluding hydrogens is 321 g/mol. The lowest BCUT2D eigenvalue weighted by molar-refractivity contribution is -0.116. The zero-order valence-corrected chi connectivity index (χ0v) is 13.4. The maximum Gasteiger partial charge on any atom is 0.491 e. The number of aliphatic imine (C=N–C) groups is 1. The molecule has 1 amide bonds. The van der Waals surface area contributed by atoms with Crippen molar-refractivity contribution in [3.8, 4) is 0 Å². The average Bonchev–Trinajstić information content (AvgIpc) is 2.99. The molecule has 1 aromatic heterocycles. The number of benzene rings is 1. The first kappa shape index (κ1) is 15.7. The molecule has 126 valence electrons. The van der Waals surface area contributed by atoms with Gasteiger partial charge in [0.2, 0.25) is 5.91 Å². The molecular formula is C16H16BN5O3. The molecule has 8 nitrogen and oxygen atoms in total. The molecule has 2 aliphatic heterocycles. The summed E-state index contributed by atoms with van der Waals surface area (Å²) in [4.78, 5) is 24.1. The van der Waals surface area contributed by atoms with Crippen molar-refractivity contribution >= 4 is 36.3 Å². The number of aromatic nitrogens is 2. The maximum atomic E-state index is 11.4. The summed E-state index contributed by atoms with van der Waals surface area (Å²) in [7, 11) is -0.827. The molecule has 1 aromatic carbocycles. The van der Waals surface area contributed by atoms with Crippen molar-refractivity contribution in [2.75, 3.05) is 17.3 Å². The van der Waals surface area contributed by atoms with Crippen LogP contribution in [0.25, 0.3) is 0 Å². The molecule has 0 bridgehead atoms. The first-order valence-electron chi connectivity index (χ1n) is 8.00. The first-order chi connectivity index (χ1) is 12.2. The average molecular weight is 337 g/mol. The molecule has 0 atom stereocenters. The van der Waals surface area contributed by atoms with E-state index in [4.69, 9.17) is 4.65 Å². The lowest BCUT2D eigenvalue weighted by Gasteiger charge is -2.17. The van der Waals surface area contributed by atoms with Crippen LogP contribution in [0.1, 0.15) is 23.1 Å². The molecule has 3 heterocycles. The molecule has 0 radical (unpaired) electrons. The Balaban J connectivity index is 1.41. The smallest absolute Gasteiger partial charge is 0.423 e. The van der Waals surface area contributed by atoms with E-state index in [1.54, 1.807) is 6.21 Å². The molecule has 0 saturated carbocycles. The highest BCUT2D eigenvalue weighted by molar-refractivity contribution is 6.61. The third-order valence-electron chi connectivity index (χ3n) is 4.21. The van der Waals surface area contributed by atoms with Crippen molar-refractivity contribution in [2.24, 2.45) is 4.99 Å². The zero-order valence-electron chi connectivity index (χ0n) is 13.4. The minimum absolute atomic E-state index is 0.0270. The van der Waals surface area contributed by atoms with Gasteiger partial charge >= 0.3 is 7.12 Å². The van der Waals surface area contributed by atoms with Crippen LogP contribution in [-0.2, 0) is 22.5 Å². The fourth-order valence-corrected chi connectivity index (χ4v) is 2.94. The van der Waals surface area contributed by atoms with Crippen molar-refractivity contribution in [3.05, 3.63) is 41.2 Å².